The van der Waals surface area contributed by atoms with Crippen LogP contribution in [0.1, 0.15) is 24.0 Å². The van der Waals surface area contributed by atoms with Crippen LogP contribution in [0.25, 0.3) is 0 Å². The van der Waals surface area contributed by atoms with E-state index in [2.05, 4.69) is 25.3 Å². The topological polar surface area (TPSA) is 35.0 Å². The summed E-state index contributed by atoms with van der Waals surface area (Å²) in [5.41, 5.74) is 0. The molecule has 3 nitrogen and oxygen atoms in total. The molecule has 1 atom stereocenters. The Morgan fingerprint density at radius 3 is 3.09 bits per heavy atom. The van der Waals surface area contributed by atoms with Crippen LogP contribution in [0.15, 0.2) is 4.73 Å². The number of ether oxygens (including phenoxy) is 1. The Kier molecular flexibility index (Phi) is 2.20. The first-order valence-corrected chi connectivity index (χ1v) is 5.03. The summed E-state index contributed by atoms with van der Waals surface area (Å²) < 4.78 is 10.1. The quantitative estimate of drug-likeness (QED) is 0.748. The van der Waals surface area contributed by atoms with E-state index in [1.807, 2.05) is 0 Å². The van der Waals surface area contributed by atoms with Gasteiger partial charge in [0.15, 0.2) is 0 Å². The van der Waals surface area contributed by atoms with Gasteiger partial charge in [0.2, 0.25) is 4.73 Å². The van der Waals surface area contributed by atoms with Crippen molar-refractivity contribution in [3.05, 3.63) is 9.74 Å². The Labute approximate surface area is 77.1 Å². The van der Waals surface area contributed by atoms with Crippen molar-refractivity contribution in [1.82, 2.24) is 9.36 Å². The Morgan fingerprint density at radius 2 is 2.55 bits per heavy atom. The SMILES string of the molecule is Brc1nsc(C2CCCO2)n1. The number of aromatic nitrogens is 2. The summed E-state index contributed by atoms with van der Waals surface area (Å²) in [7, 11) is 0. The molecule has 0 bridgehead atoms. The van der Waals surface area contributed by atoms with Crippen molar-refractivity contribution in [3.63, 3.8) is 0 Å². The van der Waals surface area contributed by atoms with Crippen molar-refractivity contribution in [1.29, 1.82) is 0 Å². The number of nitrogens with zero attached hydrogens (tertiary/aromatic N) is 2. The summed E-state index contributed by atoms with van der Waals surface area (Å²) in [4.78, 5) is 4.19. The second kappa shape index (κ2) is 3.16. The lowest BCUT2D eigenvalue weighted by molar-refractivity contribution is 0.111. The molecule has 0 saturated carbocycles. The van der Waals surface area contributed by atoms with E-state index in [9.17, 15) is 0 Å². The summed E-state index contributed by atoms with van der Waals surface area (Å²) in [5.74, 6) is 0. The molecule has 60 valence electrons. The molecule has 1 saturated heterocycles. The van der Waals surface area contributed by atoms with Crippen molar-refractivity contribution in [2.24, 2.45) is 0 Å². The Hall–Kier alpha value is -0.0000000000000000278. The minimum Gasteiger partial charge on any atom is -0.371 e. The summed E-state index contributed by atoms with van der Waals surface area (Å²) in [6, 6.07) is 0. The highest BCUT2D eigenvalue weighted by Crippen LogP contribution is 2.29. The summed E-state index contributed by atoms with van der Waals surface area (Å²) >= 11 is 4.63. The van der Waals surface area contributed by atoms with E-state index in [-0.39, 0.29) is 6.10 Å². The van der Waals surface area contributed by atoms with Crippen molar-refractivity contribution in [2.45, 2.75) is 18.9 Å². The molecule has 2 rings (SSSR count). The lowest BCUT2D eigenvalue weighted by Gasteiger charge is -2.01. The molecule has 1 aromatic heterocycles. The Balaban J connectivity index is 2.15. The standard InChI is InChI=1S/C6H7BrN2OS/c7-6-8-5(11-9-6)4-2-1-3-10-4/h4H,1-3H2. The first kappa shape index (κ1) is 7.64. The number of hydrogen-bond acceptors (Lipinski definition) is 4. The molecule has 2 heterocycles. The third kappa shape index (κ3) is 1.60. The zero-order chi connectivity index (χ0) is 7.68. The fourth-order valence-electron chi connectivity index (χ4n) is 1.12. The van der Waals surface area contributed by atoms with E-state index >= 15 is 0 Å². The second-order valence-corrected chi connectivity index (χ2v) is 3.90. The number of halogens is 1. The molecule has 11 heavy (non-hydrogen) atoms. The molecule has 1 fully saturated rings. The predicted octanol–water partition coefficient (Wildman–Crippen LogP) is 2.15. The van der Waals surface area contributed by atoms with Gasteiger partial charge in [0.25, 0.3) is 0 Å². The van der Waals surface area contributed by atoms with Crippen molar-refractivity contribution in [3.8, 4) is 0 Å². The summed E-state index contributed by atoms with van der Waals surface area (Å²) in [5, 5.41) is 0.995. The number of hydrogen-bond donors (Lipinski definition) is 0. The monoisotopic (exact) mass is 234 g/mol. The Bertz CT molecular complexity index is 246. The summed E-state index contributed by atoms with van der Waals surface area (Å²) in [6.07, 6.45) is 2.43. The minimum atomic E-state index is 0.207. The van der Waals surface area contributed by atoms with E-state index in [4.69, 9.17) is 4.74 Å². The predicted molar refractivity (Wildman–Crippen MR) is 45.5 cm³/mol. The molecule has 0 spiro atoms. The molecule has 1 unspecified atom stereocenters. The van der Waals surface area contributed by atoms with Crippen molar-refractivity contribution < 1.29 is 4.74 Å². The highest BCUT2D eigenvalue weighted by molar-refractivity contribution is 9.10. The fourth-order valence-corrected chi connectivity index (χ4v) is 2.29. The maximum Gasteiger partial charge on any atom is 0.209 e. The van der Waals surface area contributed by atoms with Gasteiger partial charge in [0.05, 0.1) is 0 Å². The third-order valence-corrected chi connectivity index (χ3v) is 3.02. The maximum atomic E-state index is 5.44. The first-order valence-electron chi connectivity index (χ1n) is 3.47. The van der Waals surface area contributed by atoms with Crippen LogP contribution in [0.3, 0.4) is 0 Å². The molecule has 0 aliphatic carbocycles. The Morgan fingerprint density at radius 1 is 1.64 bits per heavy atom. The van der Waals surface area contributed by atoms with Gasteiger partial charge < -0.3 is 4.74 Å². The van der Waals surface area contributed by atoms with Gasteiger partial charge in [0, 0.05) is 6.61 Å². The van der Waals surface area contributed by atoms with Crippen LogP contribution in [-0.2, 0) is 4.74 Å². The molecule has 0 aromatic carbocycles. The molecule has 1 aliphatic heterocycles. The molecular weight excluding hydrogens is 228 g/mol. The maximum absolute atomic E-state index is 5.44. The van der Waals surface area contributed by atoms with Gasteiger partial charge in [-0.15, -0.1) is 0 Å². The van der Waals surface area contributed by atoms with Crippen LogP contribution in [0.2, 0.25) is 0 Å². The summed E-state index contributed by atoms with van der Waals surface area (Å²) in [6.45, 7) is 0.863. The molecule has 0 amide bonds. The van der Waals surface area contributed by atoms with Gasteiger partial charge in [-0.2, -0.15) is 4.37 Å². The van der Waals surface area contributed by atoms with Gasteiger partial charge >= 0.3 is 0 Å². The second-order valence-electron chi connectivity index (χ2n) is 2.40. The van der Waals surface area contributed by atoms with E-state index < -0.39 is 0 Å². The van der Waals surface area contributed by atoms with Crippen LogP contribution in [-0.4, -0.2) is 16.0 Å². The van der Waals surface area contributed by atoms with Crippen LogP contribution in [0, 0.1) is 0 Å². The van der Waals surface area contributed by atoms with Gasteiger partial charge in [-0.25, -0.2) is 4.98 Å². The number of rotatable bonds is 1. The lowest BCUT2D eigenvalue weighted by Crippen LogP contribution is -1.93. The largest absolute Gasteiger partial charge is 0.371 e. The highest BCUT2D eigenvalue weighted by atomic mass is 79.9. The van der Waals surface area contributed by atoms with E-state index in [1.165, 1.54) is 11.5 Å². The van der Waals surface area contributed by atoms with Gasteiger partial charge in [-0.3, -0.25) is 0 Å². The van der Waals surface area contributed by atoms with E-state index in [0.717, 1.165) is 24.5 Å². The fraction of sp³-hybridized carbons (Fsp3) is 0.667. The van der Waals surface area contributed by atoms with Gasteiger partial charge in [-0.05, 0) is 40.3 Å². The molecule has 5 heteroatoms. The molecule has 0 N–H and O–H groups in total. The van der Waals surface area contributed by atoms with Crippen LogP contribution in [0.4, 0.5) is 0 Å². The van der Waals surface area contributed by atoms with Crippen molar-refractivity contribution in [2.75, 3.05) is 6.61 Å². The molecule has 0 radical (unpaired) electrons. The highest BCUT2D eigenvalue weighted by Gasteiger charge is 2.21. The normalized spacial score (nSPS) is 24.3. The molecular formula is C6H7BrN2OS. The van der Waals surface area contributed by atoms with Crippen LogP contribution < -0.4 is 0 Å². The van der Waals surface area contributed by atoms with Gasteiger partial charge in [-0.1, -0.05) is 0 Å². The minimum absolute atomic E-state index is 0.207. The third-order valence-electron chi connectivity index (χ3n) is 1.62. The molecule has 1 aliphatic rings. The van der Waals surface area contributed by atoms with Crippen LogP contribution >= 0.6 is 27.5 Å². The lowest BCUT2D eigenvalue weighted by atomic mass is 10.2. The average molecular weight is 235 g/mol. The first-order chi connectivity index (χ1) is 5.36. The van der Waals surface area contributed by atoms with Crippen LogP contribution in [0.5, 0.6) is 0 Å². The van der Waals surface area contributed by atoms with E-state index in [0.29, 0.717) is 4.73 Å². The smallest absolute Gasteiger partial charge is 0.209 e. The van der Waals surface area contributed by atoms with Crippen molar-refractivity contribution >= 4 is 27.5 Å². The van der Waals surface area contributed by atoms with Gasteiger partial charge in [0.1, 0.15) is 11.1 Å². The average Bonchev–Trinajstić information content (AvgIpc) is 2.55. The van der Waals surface area contributed by atoms with E-state index in [1.54, 1.807) is 0 Å². The zero-order valence-corrected chi connectivity index (χ0v) is 8.19. The molecule has 1 aromatic rings. The zero-order valence-electron chi connectivity index (χ0n) is 5.79.